The lowest BCUT2D eigenvalue weighted by Gasteiger charge is -2.09. The molecule has 2 aromatic carbocycles. The number of sulfonamides is 1. The molecule has 2 rings (SSSR count). The van der Waals surface area contributed by atoms with E-state index in [1.807, 2.05) is 0 Å². The maximum absolute atomic E-state index is 12.4. The molecule has 0 radical (unpaired) electrons. The Bertz CT molecular complexity index is 920. The quantitative estimate of drug-likeness (QED) is 0.603. The van der Waals surface area contributed by atoms with E-state index in [4.69, 9.17) is 0 Å². The van der Waals surface area contributed by atoms with Crippen LogP contribution in [0.1, 0.15) is 22.8 Å². The lowest BCUT2D eigenvalue weighted by molar-refractivity contribution is -0.114. The highest BCUT2D eigenvalue weighted by atomic mass is 32.2. The average molecular weight is 387 g/mol. The molecule has 142 valence electrons. The average Bonchev–Trinajstić information content (AvgIpc) is 2.65. The van der Waals surface area contributed by atoms with Gasteiger partial charge in [0.1, 0.15) is 0 Å². The van der Waals surface area contributed by atoms with E-state index in [0.717, 1.165) is 0 Å². The summed E-state index contributed by atoms with van der Waals surface area (Å²) in [6, 6.07) is 12.5. The van der Waals surface area contributed by atoms with Crippen molar-refractivity contribution in [3.8, 4) is 0 Å². The van der Waals surface area contributed by atoms with Crippen LogP contribution in [0.25, 0.3) is 0 Å². The fraction of sp³-hybridized carbons (Fsp3) is 0.158. The molecule has 0 saturated heterocycles. The predicted molar refractivity (Wildman–Crippen MR) is 104 cm³/mol. The maximum Gasteiger partial charge on any atom is 0.251 e. The Labute approximate surface area is 158 Å². The second-order valence-corrected chi connectivity index (χ2v) is 7.49. The second-order valence-electron chi connectivity index (χ2n) is 5.73. The Morgan fingerprint density at radius 2 is 1.67 bits per heavy atom. The van der Waals surface area contributed by atoms with E-state index >= 15 is 0 Å². The van der Waals surface area contributed by atoms with Gasteiger partial charge in [-0.2, -0.15) is 0 Å². The molecule has 0 atom stereocenters. The van der Waals surface area contributed by atoms with Crippen LogP contribution < -0.4 is 15.4 Å². The zero-order chi connectivity index (χ0) is 19.9. The zero-order valence-corrected chi connectivity index (χ0v) is 15.7. The summed E-state index contributed by atoms with van der Waals surface area (Å²) in [6.45, 7) is 5.37. The van der Waals surface area contributed by atoms with E-state index in [1.54, 1.807) is 30.3 Å². The molecule has 7 nitrogen and oxygen atoms in total. The van der Waals surface area contributed by atoms with Gasteiger partial charge in [-0.25, -0.2) is 13.1 Å². The molecule has 0 aromatic heterocycles. The highest BCUT2D eigenvalue weighted by Crippen LogP contribution is 2.14. The largest absolute Gasteiger partial charge is 0.349 e. The summed E-state index contributed by atoms with van der Waals surface area (Å²) in [5.74, 6) is -0.452. The van der Waals surface area contributed by atoms with E-state index in [-0.39, 0.29) is 23.3 Å². The van der Waals surface area contributed by atoms with Crippen molar-refractivity contribution >= 4 is 27.5 Å². The van der Waals surface area contributed by atoms with Crippen molar-refractivity contribution in [2.75, 3.05) is 11.9 Å². The van der Waals surface area contributed by atoms with Gasteiger partial charge in [0.15, 0.2) is 0 Å². The van der Waals surface area contributed by atoms with Gasteiger partial charge in [0.05, 0.1) is 4.90 Å². The molecule has 0 aliphatic rings. The molecule has 8 heteroatoms. The van der Waals surface area contributed by atoms with Gasteiger partial charge >= 0.3 is 0 Å². The van der Waals surface area contributed by atoms with Gasteiger partial charge in [0, 0.05) is 31.3 Å². The van der Waals surface area contributed by atoms with E-state index in [2.05, 4.69) is 21.9 Å². The number of hydrogen-bond donors (Lipinski definition) is 3. The molecule has 2 amide bonds. The molecule has 0 heterocycles. The Morgan fingerprint density at radius 1 is 1.04 bits per heavy atom. The van der Waals surface area contributed by atoms with E-state index in [9.17, 15) is 18.0 Å². The fourth-order valence-corrected chi connectivity index (χ4v) is 3.24. The lowest BCUT2D eigenvalue weighted by atomic mass is 10.1. The molecular formula is C19H21N3O4S. The van der Waals surface area contributed by atoms with Crippen LogP contribution >= 0.6 is 0 Å². The van der Waals surface area contributed by atoms with Crippen molar-refractivity contribution in [2.24, 2.45) is 0 Å². The standard InChI is InChI=1S/C19H21N3O4S/c1-3-12-20-19(24)16-6-4-15(5-7-16)13-21-27(25,26)18-10-8-17(9-11-18)22-14(2)23/h3-11,21H,1,12-13H2,2H3,(H,20,24)(H,22,23). The van der Waals surface area contributed by atoms with E-state index in [1.165, 1.54) is 31.2 Å². The second kappa shape index (κ2) is 9.11. The van der Waals surface area contributed by atoms with Crippen LogP contribution in [0.4, 0.5) is 5.69 Å². The Hall–Kier alpha value is -2.97. The van der Waals surface area contributed by atoms with Crippen molar-refractivity contribution in [1.29, 1.82) is 0 Å². The highest BCUT2D eigenvalue weighted by molar-refractivity contribution is 7.89. The van der Waals surface area contributed by atoms with E-state index < -0.39 is 10.0 Å². The molecule has 0 fully saturated rings. The molecule has 0 spiro atoms. The van der Waals surface area contributed by atoms with Gasteiger partial charge in [-0.15, -0.1) is 6.58 Å². The van der Waals surface area contributed by atoms with Crippen LogP contribution in [0.5, 0.6) is 0 Å². The summed E-state index contributed by atoms with van der Waals surface area (Å²) in [7, 11) is -3.70. The summed E-state index contributed by atoms with van der Waals surface area (Å²) in [5.41, 5.74) is 1.72. The SMILES string of the molecule is C=CCNC(=O)c1ccc(CNS(=O)(=O)c2ccc(NC(C)=O)cc2)cc1. The van der Waals surface area contributed by atoms with Crippen molar-refractivity contribution < 1.29 is 18.0 Å². The first kappa shape index (κ1) is 20.3. The summed E-state index contributed by atoms with van der Waals surface area (Å²) in [4.78, 5) is 22.9. The zero-order valence-electron chi connectivity index (χ0n) is 14.9. The summed E-state index contributed by atoms with van der Waals surface area (Å²) in [5, 5.41) is 5.24. The fourth-order valence-electron chi connectivity index (χ4n) is 2.22. The van der Waals surface area contributed by atoms with Crippen LogP contribution in [0.15, 0.2) is 66.1 Å². The smallest absolute Gasteiger partial charge is 0.251 e. The number of amides is 2. The van der Waals surface area contributed by atoms with Gasteiger partial charge in [-0.05, 0) is 42.0 Å². The number of benzene rings is 2. The van der Waals surface area contributed by atoms with E-state index in [0.29, 0.717) is 23.4 Å². The van der Waals surface area contributed by atoms with Crippen molar-refractivity contribution in [1.82, 2.24) is 10.0 Å². The minimum absolute atomic E-state index is 0.0876. The normalized spacial score (nSPS) is 10.9. The van der Waals surface area contributed by atoms with Crippen LogP contribution in [0.3, 0.4) is 0 Å². The molecule has 27 heavy (non-hydrogen) atoms. The molecule has 0 bridgehead atoms. The molecule has 3 N–H and O–H groups in total. The van der Waals surface area contributed by atoms with Crippen molar-refractivity contribution in [3.05, 3.63) is 72.3 Å². The Balaban J connectivity index is 1.99. The summed E-state index contributed by atoms with van der Waals surface area (Å²) < 4.78 is 27.2. The van der Waals surface area contributed by atoms with Gasteiger partial charge < -0.3 is 10.6 Å². The number of rotatable bonds is 8. The number of carbonyl (C=O) groups excluding carboxylic acids is 2. The van der Waals surface area contributed by atoms with Crippen LogP contribution in [0, 0.1) is 0 Å². The number of hydrogen-bond acceptors (Lipinski definition) is 4. The lowest BCUT2D eigenvalue weighted by Crippen LogP contribution is -2.24. The minimum atomic E-state index is -3.70. The number of anilines is 1. The van der Waals surface area contributed by atoms with Gasteiger partial charge in [-0.1, -0.05) is 18.2 Å². The number of nitrogens with one attached hydrogen (secondary N) is 3. The first-order valence-corrected chi connectivity index (χ1v) is 9.65. The molecule has 2 aromatic rings. The van der Waals surface area contributed by atoms with Crippen molar-refractivity contribution in [3.63, 3.8) is 0 Å². The molecule has 0 unspecified atom stereocenters. The summed E-state index contributed by atoms with van der Waals surface area (Å²) >= 11 is 0. The highest BCUT2D eigenvalue weighted by Gasteiger charge is 2.14. The topological polar surface area (TPSA) is 104 Å². The van der Waals surface area contributed by atoms with Crippen LogP contribution in [-0.2, 0) is 21.4 Å². The van der Waals surface area contributed by atoms with Crippen LogP contribution in [-0.4, -0.2) is 26.8 Å². The van der Waals surface area contributed by atoms with Gasteiger partial charge in [0.25, 0.3) is 5.91 Å². The molecule has 0 saturated carbocycles. The minimum Gasteiger partial charge on any atom is -0.349 e. The Morgan fingerprint density at radius 3 is 2.22 bits per heavy atom. The van der Waals surface area contributed by atoms with Gasteiger partial charge in [-0.3, -0.25) is 9.59 Å². The molecule has 0 aliphatic carbocycles. The Kier molecular flexibility index (Phi) is 6.86. The summed E-state index contributed by atoms with van der Waals surface area (Å²) in [6.07, 6.45) is 1.59. The third-order valence-electron chi connectivity index (χ3n) is 3.57. The number of carbonyl (C=O) groups is 2. The predicted octanol–water partition coefficient (Wildman–Crippen LogP) is 2.04. The molecular weight excluding hydrogens is 366 g/mol. The maximum atomic E-state index is 12.4. The van der Waals surface area contributed by atoms with Gasteiger partial charge in [0.2, 0.25) is 15.9 Å². The van der Waals surface area contributed by atoms with Crippen molar-refractivity contribution in [2.45, 2.75) is 18.4 Å². The third kappa shape index (κ3) is 6.05. The monoisotopic (exact) mass is 387 g/mol. The third-order valence-corrected chi connectivity index (χ3v) is 4.99. The first-order chi connectivity index (χ1) is 12.8. The molecule has 0 aliphatic heterocycles. The first-order valence-electron chi connectivity index (χ1n) is 8.17. The van der Waals surface area contributed by atoms with Crippen LogP contribution in [0.2, 0.25) is 0 Å².